The third kappa shape index (κ3) is 6.53. The molecule has 0 saturated heterocycles. The zero-order valence-corrected chi connectivity index (χ0v) is 21.7. The second kappa shape index (κ2) is 12.6. The maximum absolute atomic E-state index is 15.4. The summed E-state index contributed by atoms with van der Waals surface area (Å²) in [6.07, 6.45) is 27.3. The smallest absolute Gasteiger partial charge is 0.103 e. The summed E-state index contributed by atoms with van der Waals surface area (Å²) in [5.74, 6) is 6.72. The van der Waals surface area contributed by atoms with E-state index in [0.717, 1.165) is 36.0 Å². The van der Waals surface area contributed by atoms with Gasteiger partial charge in [0.25, 0.3) is 0 Å². The van der Waals surface area contributed by atoms with E-state index in [4.69, 9.17) is 0 Å². The van der Waals surface area contributed by atoms with Crippen molar-refractivity contribution in [2.24, 2.45) is 47.3 Å². The number of hydrogen-bond acceptors (Lipinski definition) is 0. The van der Waals surface area contributed by atoms with Crippen LogP contribution in [0.3, 0.4) is 0 Å². The Kier molecular flexibility index (Phi) is 9.84. The Hall–Kier alpha value is -0.0700. The van der Waals surface area contributed by atoms with Gasteiger partial charge in [-0.15, -0.1) is 0 Å². The van der Waals surface area contributed by atoms with Crippen LogP contribution in [0.1, 0.15) is 142 Å². The maximum atomic E-state index is 15.4. The summed E-state index contributed by atoms with van der Waals surface area (Å²) in [5, 5.41) is 0. The van der Waals surface area contributed by atoms with Crippen LogP contribution in [0.4, 0.5) is 4.39 Å². The maximum Gasteiger partial charge on any atom is 0.103 e. The van der Waals surface area contributed by atoms with Gasteiger partial charge in [0, 0.05) is 0 Å². The fraction of sp³-hybridized carbons (Fsp3) is 1.00. The first-order valence-electron chi connectivity index (χ1n) is 15.3. The third-order valence-corrected chi connectivity index (χ3v) is 11.1. The van der Waals surface area contributed by atoms with Crippen molar-refractivity contribution >= 4 is 0 Å². The Morgan fingerprint density at radius 1 is 0.500 bits per heavy atom. The highest BCUT2D eigenvalue weighted by molar-refractivity contribution is 4.91. The van der Waals surface area contributed by atoms with Gasteiger partial charge in [-0.05, 0) is 118 Å². The molecule has 3 unspecified atom stereocenters. The van der Waals surface area contributed by atoms with Crippen LogP contribution in [0.5, 0.6) is 0 Å². The lowest BCUT2D eigenvalue weighted by Crippen LogP contribution is -2.37. The summed E-state index contributed by atoms with van der Waals surface area (Å²) in [4.78, 5) is 0. The van der Waals surface area contributed by atoms with E-state index in [9.17, 15) is 0 Å². The molecule has 4 rings (SSSR count). The summed E-state index contributed by atoms with van der Waals surface area (Å²) in [6.45, 7) is 4.65. The van der Waals surface area contributed by atoms with E-state index in [1.165, 1.54) is 122 Å². The molecule has 0 spiro atoms. The molecule has 4 aliphatic carbocycles. The van der Waals surface area contributed by atoms with E-state index in [2.05, 4.69) is 13.8 Å². The van der Waals surface area contributed by atoms with Gasteiger partial charge in [-0.3, -0.25) is 0 Å². The molecule has 0 radical (unpaired) electrons. The molecule has 186 valence electrons. The highest BCUT2D eigenvalue weighted by Gasteiger charge is 2.40. The monoisotopic (exact) mass is 446 g/mol. The highest BCUT2D eigenvalue weighted by Crippen LogP contribution is 2.49. The second-order valence-electron chi connectivity index (χ2n) is 12.9. The van der Waals surface area contributed by atoms with E-state index in [1.54, 1.807) is 0 Å². The first kappa shape index (κ1) is 25.0. The van der Waals surface area contributed by atoms with Crippen LogP contribution in [-0.2, 0) is 0 Å². The molecule has 0 aliphatic heterocycles. The SMILES string of the molecule is CCCCC1CCC(C2CCC(C3CCC(C4CCC(CCC)CC4)C(F)C3)CC2)CC1. The molecule has 0 bridgehead atoms. The minimum atomic E-state index is -0.488. The lowest BCUT2D eigenvalue weighted by atomic mass is 9.62. The van der Waals surface area contributed by atoms with Crippen LogP contribution in [0, 0.1) is 47.3 Å². The fourth-order valence-electron chi connectivity index (χ4n) is 8.97. The predicted octanol–water partition coefficient (Wildman–Crippen LogP) is 10.2. The molecule has 32 heavy (non-hydrogen) atoms. The normalized spacial score (nSPS) is 43.8. The first-order valence-corrected chi connectivity index (χ1v) is 15.3. The lowest BCUT2D eigenvalue weighted by molar-refractivity contribution is 0.0282. The molecule has 0 N–H and O–H groups in total. The summed E-state index contributed by atoms with van der Waals surface area (Å²) < 4.78 is 15.4. The fourth-order valence-corrected chi connectivity index (χ4v) is 8.97. The Labute approximate surface area is 200 Å². The highest BCUT2D eigenvalue weighted by atomic mass is 19.1. The number of hydrogen-bond donors (Lipinski definition) is 0. The Morgan fingerprint density at radius 2 is 0.969 bits per heavy atom. The van der Waals surface area contributed by atoms with Gasteiger partial charge in [-0.2, -0.15) is 0 Å². The molecule has 4 saturated carbocycles. The van der Waals surface area contributed by atoms with Crippen molar-refractivity contribution in [3.8, 4) is 0 Å². The van der Waals surface area contributed by atoms with Crippen LogP contribution >= 0.6 is 0 Å². The van der Waals surface area contributed by atoms with Gasteiger partial charge in [0.1, 0.15) is 6.17 Å². The van der Waals surface area contributed by atoms with Crippen molar-refractivity contribution in [1.82, 2.24) is 0 Å². The first-order chi connectivity index (χ1) is 15.7. The molecule has 0 aromatic carbocycles. The van der Waals surface area contributed by atoms with Gasteiger partial charge in [-0.25, -0.2) is 4.39 Å². The van der Waals surface area contributed by atoms with Gasteiger partial charge in [0.15, 0.2) is 0 Å². The van der Waals surface area contributed by atoms with Gasteiger partial charge < -0.3 is 0 Å². The van der Waals surface area contributed by atoms with E-state index in [0.29, 0.717) is 17.8 Å². The van der Waals surface area contributed by atoms with E-state index in [1.807, 2.05) is 0 Å². The largest absolute Gasteiger partial charge is 0.247 e. The van der Waals surface area contributed by atoms with Crippen molar-refractivity contribution in [2.75, 3.05) is 0 Å². The molecule has 4 aliphatic rings. The Balaban J connectivity index is 1.16. The molecule has 3 atom stereocenters. The summed E-state index contributed by atoms with van der Waals surface area (Å²) in [7, 11) is 0. The standard InChI is InChI=1S/C31H55F/c1-3-5-7-24-8-12-25(13-9-24)26-16-18-27(19-17-26)29-20-21-30(31(32)22-29)28-14-10-23(6-4-2)11-15-28/h23-31H,3-22H2,1-2H3. The molecule has 0 nitrogen and oxygen atoms in total. The topological polar surface area (TPSA) is 0 Å². The van der Waals surface area contributed by atoms with Crippen LogP contribution in [0.25, 0.3) is 0 Å². The Bertz CT molecular complexity index is 505. The zero-order valence-electron chi connectivity index (χ0n) is 21.7. The molecule has 0 heterocycles. The summed E-state index contributed by atoms with van der Waals surface area (Å²) in [5.41, 5.74) is 0. The number of rotatable bonds is 8. The van der Waals surface area contributed by atoms with Crippen LogP contribution in [0.15, 0.2) is 0 Å². The van der Waals surface area contributed by atoms with E-state index >= 15 is 4.39 Å². The van der Waals surface area contributed by atoms with Crippen molar-refractivity contribution < 1.29 is 4.39 Å². The van der Waals surface area contributed by atoms with Gasteiger partial charge in [-0.1, -0.05) is 71.6 Å². The average Bonchev–Trinajstić information content (AvgIpc) is 2.84. The van der Waals surface area contributed by atoms with Gasteiger partial charge in [0.05, 0.1) is 0 Å². The van der Waals surface area contributed by atoms with Crippen molar-refractivity contribution in [3.63, 3.8) is 0 Å². The van der Waals surface area contributed by atoms with E-state index in [-0.39, 0.29) is 0 Å². The van der Waals surface area contributed by atoms with Crippen LogP contribution < -0.4 is 0 Å². The second-order valence-corrected chi connectivity index (χ2v) is 12.9. The Morgan fingerprint density at radius 3 is 1.50 bits per heavy atom. The predicted molar refractivity (Wildman–Crippen MR) is 137 cm³/mol. The molecule has 0 amide bonds. The van der Waals surface area contributed by atoms with Crippen LogP contribution in [-0.4, -0.2) is 6.17 Å². The molecule has 1 heteroatoms. The molecule has 4 fully saturated rings. The van der Waals surface area contributed by atoms with E-state index < -0.39 is 6.17 Å². The third-order valence-electron chi connectivity index (χ3n) is 11.1. The van der Waals surface area contributed by atoms with Crippen LogP contribution in [0.2, 0.25) is 0 Å². The quantitative estimate of drug-likeness (QED) is 0.348. The minimum absolute atomic E-state index is 0.410. The minimum Gasteiger partial charge on any atom is -0.247 e. The van der Waals surface area contributed by atoms with Crippen molar-refractivity contribution in [2.45, 2.75) is 148 Å². The van der Waals surface area contributed by atoms with Crippen molar-refractivity contribution in [1.29, 1.82) is 0 Å². The van der Waals surface area contributed by atoms with Gasteiger partial charge >= 0.3 is 0 Å². The molecule has 0 aromatic rings. The lowest BCUT2D eigenvalue weighted by Gasteiger charge is -2.44. The molecular weight excluding hydrogens is 391 g/mol. The summed E-state index contributed by atoms with van der Waals surface area (Å²) in [6, 6.07) is 0. The number of halogens is 1. The summed E-state index contributed by atoms with van der Waals surface area (Å²) >= 11 is 0. The van der Waals surface area contributed by atoms with Gasteiger partial charge in [0.2, 0.25) is 0 Å². The number of unbranched alkanes of at least 4 members (excludes halogenated alkanes) is 1. The van der Waals surface area contributed by atoms with Crippen molar-refractivity contribution in [3.05, 3.63) is 0 Å². The molecule has 0 aromatic heterocycles. The zero-order chi connectivity index (χ0) is 22.3. The average molecular weight is 447 g/mol. The number of alkyl halides is 1. The molecular formula is C31H55F.